The number of carbonyl (C=O) groups excluding carboxylic acids is 6. The van der Waals surface area contributed by atoms with Crippen molar-refractivity contribution in [3.63, 3.8) is 0 Å². The molecule has 34 nitrogen and oxygen atoms in total. The standard InChI is InChI=1S/C50H89N7O27/c1-3-51-29(60)9-5-4-6-12-52-32(63)19-57(20-33(64)53-13-7-10-30(61)55-15-17-77-47-42(73)39(70)35(66)25(2)80-47)21-34(65)54-14-8-11-31(62)56-16-18-78-49-45(76)46(84-50-44(75)41(72)37(68)27(23-59)82-50)38(69)28(83-49)24-79-48-43(74)40(71)36(67)26(22-58)81-48/h25-28,35-50,58-59,66-76H,3-24H2,1-2H3,(H,51,60)(H,52,63)(H,53,64)(H,54,65)(H,55,61)(H,56,62)/t25-,26+,27+,28?,35+,36+,37+,38+,39+,40-,41-,42-,43-,44-,45-,46-,47+,48-,49-,50+/m0/s1. The summed E-state index contributed by atoms with van der Waals surface area (Å²) in [7, 11) is 0. The quantitative estimate of drug-likeness (QED) is 0.0259. The second-order valence-electron chi connectivity index (χ2n) is 20.6. The van der Waals surface area contributed by atoms with E-state index < -0.39 is 173 Å². The molecule has 0 bridgehead atoms. The summed E-state index contributed by atoms with van der Waals surface area (Å²) >= 11 is 0. The number of ether oxygens (including phenoxy) is 8. The summed E-state index contributed by atoms with van der Waals surface area (Å²) in [5.74, 6) is -2.55. The Morgan fingerprint density at radius 3 is 1.31 bits per heavy atom. The van der Waals surface area contributed by atoms with Gasteiger partial charge in [0, 0.05) is 58.5 Å². The zero-order chi connectivity index (χ0) is 62.0. The van der Waals surface area contributed by atoms with Gasteiger partial charge in [-0.05, 0) is 39.5 Å². The highest BCUT2D eigenvalue weighted by molar-refractivity contribution is 5.84. The van der Waals surface area contributed by atoms with E-state index in [0.717, 1.165) is 0 Å². The third-order valence-corrected chi connectivity index (χ3v) is 14.0. The number of rotatable bonds is 36. The molecule has 4 fully saturated rings. The maximum absolute atomic E-state index is 13.1. The van der Waals surface area contributed by atoms with Crippen LogP contribution in [-0.2, 0) is 66.7 Å². The van der Waals surface area contributed by atoms with E-state index in [-0.39, 0.29) is 96.5 Å². The SMILES string of the molecule is CCNC(=O)CCCCCNC(=O)CN(CC(=O)NCCCC(=O)NCCO[C@@H]1O[C@@H](C)[C@@H](O)[C@@H](O)[C@@H]1O)CC(=O)NCCCC(=O)NCCO[C@H]1OC(CO[C@H]2O[C@H](CO)[C@@H](O)[C@H](O)[C@@H]2O)[C@@H](O)[C@H](O[C@H]2O[C@H](CO)[C@@H](O)[C@H](O)[C@@H]2O)[C@@H]1O. The first-order chi connectivity index (χ1) is 40.0. The van der Waals surface area contributed by atoms with Crippen LogP contribution in [0.4, 0.5) is 0 Å². The summed E-state index contributed by atoms with van der Waals surface area (Å²) in [6.07, 6.45) is -30.0. The van der Waals surface area contributed by atoms with Crippen LogP contribution >= 0.6 is 0 Å². The molecule has 0 spiro atoms. The molecule has 6 amide bonds. The number of unbranched alkanes of at least 4 members (excludes halogenated alkanes) is 2. The molecule has 0 aromatic carbocycles. The van der Waals surface area contributed by atoms with Crippen LogP contribution in [-0.4, -0.2) is 321 Å². The fraction of sp³-hybridized carbons (Fsp3) is 0.880. The highest BCUT2D eigenvalue weighted by Gasteiger charge is 2.52. The van der Waals surface area contributed by atoms with Gasteiger partial charge in [0.05, 0.1) is 58.8 Å². The second-order valence-corrected chi connectivity index (χ2v) is 20.6. The predicted molar refractivity (Wildman–Crippen MR) is 280 cm³/mol. The van der Waals surface area contributed by atoms with Gasteiger partial charge in [0.15, 0.2) is 25.2 Å². The number of carbonyl (C=O) groups is 6. The van der Waals surface area contributed by atoms with Crippen molar-refractivity contribution in [3.05, 3.63) is 0 Å². The molecule has 1 unspecified atom stereocenters. The Bertz CT molecular complexity index is 1990. The lowest BCUT2D eigenvalue weighted by Gasteiger charge is -2.46. The highest BCUT2D eigenvalue weighted by atomic mass is 16.8. The van der Waals surface area contributed by atoms with Crippen molar-refractivity contribution in [3.8, 4) is 0 Å². The van der Waals surface area contributed by atoms with Crippen LogP contribution in [0, 0.1) is 0 Å². The van der Waals surface area contributed by atoms with Crippen LogP contribution in [0.5, 0.6) is 0 Å². The summed E-state index contributed by atoms with van der Waals surface area (Å²) in [4.78, 5) is 77.2. The van der Waals surface area contributed by atoms with Gasteiger partial charge in [-0.3, -0.25) is 33.7 Å². The summed E-state index contributed by atoms with van der Waals surface area (Å²) in [6, 6.07) is 0. The number of amides is 6. The third kappa shape index (κ3) is 23.2. The minimum absolute atomic E-state index is 0.00488. The van der Waals surface area contributed by atoms with Gasteiger partial charge in [0.2, 0.25) is 35.4 Å². The van der Waals surface area contributed by atoms with Crippen LogP contribution in [0.2, 0.25) is 0 Å². The Hall–Kier alpha value is -4.06. The third-order valence-electron chi connectivity index (χ3n) is 14.0. The van der Waals surface area contributed by atoms with Crippen LogP contribution in [0.3, 0.4) is 0 Å². The number of hydrogen-bond acceptors (Lipinski definition) is 28. The van der Waals surface area contributed by atoms with Crippen LogP contribution < -0.4 is 31.9 Å². The molecule has 0 aromatic rings. The average Bonchev–Trinajstić information content (AvgIpc) is 3.58. The Morgan fingerprint density at radius 2 is 0.810 bits per heavy atom. The van der Waals surface area contributed by atoms with E-state index in [1.807, 2.05) is 6.92 Å². The molecular weight excluding hydrogens is 1130 g/mol. The van der Waals surface area contributed by atoms with Gasteiger partial charge in [0.25, 0.3) is 0 Å². The molecule has 4 aliphatic heterocycles. The summed E-state index contributed by atoms with van der Waals surface area (Å²) < 4.78 is 44.1. The normalized spacial score (nSPS) is 33.4. The van der Waals surface area contributed by atoms with Crippen molar-refractivity contribution in [2.24, 2.45) is 0 Å². The fourth-order valence-corrected chi connectivity index (χ4v) is 9.13. The van der Waals surface area contributed by atoms with E-state index in [9.17, 15) is 95.2 Å². The lowest BCUT2D eigenvalue weighted by Crippen LogP contribution is -2.65. The van der Waals surface area contributed by atoms with Crippen molar-refractivity contribution < 1.29 is 133 Å². The smallest absolute Gasteiger partial charge is 0.234 e. The van der Waals surface area contributed by atoms with Crippen molar-refractivity contribution >= 4 is 35.4 Å². The maximum Gasteiger partial charge on any atom is 0.234 e. The maximum atomic E-state index is 13.1. The minimum Gasteiger partial charge on any atom is -0.394 e. The molecule has 34 heteroatoms. The first-order valence-corrected chi connectivity index (χ1v) is 28.2. The molecule has 0 saturated carbocycles. The van der Waals surface area contributed by atoms with Crippen molar-refractivity contribution in [1.82, 2.24) is 36.8 Å². The van der Waals surface area contributed by atoms with E-state index in [1.165, 1.54) is 11.8 Å². The molecule has 4 saturated heterocycles. The van der Waals surface area contributed by atoms with E-state index in [0.29, 0.717) is 32.2 Å². The van der Waals surface area contributed by atoms with E-state index in [1.54, 1.807) is 0 Å². The van der Waals surface area contributed by atoms with E-state index in [2.05, 4.69) is 31.9 Å². The van der Waals surface area contributed by atoms with Gasteiger partial charge >= 0.3 is 0 Å². The Balaban J connectivity index is 1.22. The second kappa shape index (κ2) is 37.6. The number of aliphatic hydroxyl groups is 13. The van der Waals surface area contributed by atoms with E-state index >= 15 is 0 Å². The molecule has 19 N–H and O–H groups in total. The Kier molecular flexibility index (Phi) is 32.4. The molecule has 4 heterocycles. The molecule has 84 heavy (non-hydrogen) atoms. The monoisotopic (exact) mass is 1220 g/mol. The number of nitrogens with one attached hydrogen (secondary N) is 6. The number of hydrogen-bond donors (Lipinski definition) is 19. The molecular formula is C50H89N7O27. The van der Waals surface area contributed by atoms with Crippen molar-refractivity contribution in [2.45, 2.75) is 188 Å². The minimum atomic E-state index is -1.96. The van der Waals surface area contributed by atoms with Gasteiger partial charge < -0.3 is 136 Å². The molecule has 0 aliphatic carbocycles. The zero-order valence-corrected chi connectivity index (χ0v) is 47.1. The first kappa shape index (κ1) is 72.4. The molecule has 20 atom stereocenters. The lowest BCUT2D eigenvalue weighted by molar-refractivity contribution is -0.366. The average molecular weight is 1220 g/mol. The lowest BCUT2D eigenvalue weighted by atomic mass is 9.96. The highest BCUT2D eigenvalue weighted by Crippen LogP contribution is 2.31. The van der Waals surface area contributed by atoms with E-state index in [4.69, 9.17) is 37.9 Å². The van der Waals surface area contributed by atoms with Gasteiger partial charge in [-0.25, -0.2) is 0 Å². The van der Waals surface area contributed by atoms with Gasteiger partial charge in [-0.2, -0.15) is 0 Å². The topological polar surface area (TPSA) is 515 Å². The van der Waals surface area contributed by atoms with Gasteiger partial charge in [0.1, 0.15) is 91.6 Å². The summed E-state index contributed by atoms with van der Waals surface area (Å²) in [5, 5.41) is 150. The summed E-state index contributed by atoms with van der Waals surface area (Å²) in [6.45, 7) is 0.172. The van der Waals surface area contributed by atoms with Crippen LogP contribution in [0.25, 0.3) is 0 Å². The molecule has 486 valence electrons. The molecule has 4 aliphatic rings. The van der Waals surface area contributed by atoms with Crippen LogP contribution in [0.15, 0.2) is 0 Å². The largest absolute Gasteiger partial charge is 0.394 e. The van der Waals surface area contributed by atoms with Crippen molar-refractivity contribution in [1.29, 1.82) is 0 Å². The van der Waals surface area contributed by atoms with Gasteiger partial charge in [-0.1, -0.05) is 6.42 Å². The van der Waals surface area contributed by atoms with Gasteiger partial charge in [-0.15, -0.1) is 0 Å². The van der Waals surface area contributed by atoms with Crippen LogP contribution in [0.1, 0.15) is 65.2 Å². The number of nitrogens with zero attached hydrogens (tertiary/aromatic N) is 1. The zero-order valence-electron chi connectivity index (χ0n) is 47.1. The Labute approximate surface area is 484 Å². The molecule has 0 radical (unpaired) electrons. The fourth-order valence-electron chi connectivity index (χ4n) is 9.13. The molecule has 4 rings (SSSR count). The number of aliphatic hydroxyl groups excluding tert-OH is 13. The van der Waals surface area contributed by atoms with Crippen molar-refractivity contribution in [2.75, 3.05) is 91.9 Å². The molecule has 0 aromatic heterocycles. The first-order valence-electron chi connectivity index (χ1n) is 28.2. The Morgan fingerprint density at radius 1 is 0.405 bits per heavy atom. The summed E-state index contributed by atoms with van der Waals surface area (Å²) in [5.41, 5.74) is 0. The predicted octanol–water partition coefficient (Wildman–Crippen LogP) is -10.6.